The monoisotopic (exact) mass is 224 g/mol. The first-order valence-electron chi connectivity index (χ1n) is 5.12. The number of hydrogen-bond acceptors (Lipinski definition) is 3. The van der Waals surface area contributed by atoms with Gasteiger partial charge in [0, 0.05) is 11.6 Å². The second-order valence-electron chi connectivity index (χ2n) is 3.70. The van der Waals surface area contributed by atoms with Crippen molar-refractivity contribution in [3.05, 3.63) is 41.8 Å². The largest absolute Gasteiger partial charge is 0.404 e. The molecule has 82 valence electrons. The molecule has 4 heteroatoms. The van der Waals surface area contributed by atoms with Crippen LogP contribution in [0.5, 0.6) is 0 Å². The first-order valence-corrected chi connectivity index (χ1v) is 5.12. The molecule has 0 saturated heterocycles. The van der Waals surface area contributed by atoms with E-state index in [1.807, 2.05) is 41.0 Å². The van der Waals surface area contributed by atoms with Gasteiger partial charge in [0.05, 0.1) is 0 Å². The van der Waals surface area contributed by atoms with Crippen LogP contribution >= 0.6 is 0 Å². The number of benzene rings is 1. The Morgan fingerprint density at radius 3 is 2.71 bits per heavy atom. The van der Waals surface area contributed by atoms with Crippen LogP contribution in [0.15, 0.2) is 46.2 Å². The standard InChI is InChI=1S/C13H10N3O/c1-10(11(6-14)7-15)8-16-9-17-13-5-3-2-4-12(13)16/h2-5,9H,8H2,1H3/q+1. The molecule has 0 N–H and O–H groups in total. The lowest BCUT2D eigenvalue weighted by Gasteiger charge is -1.94. The van der Waals surface area contributed by atoms with E-state index in [0.717, 1.165) is 16.7 Å². The van der Waals surface area contributed by atoms with Crippen LogP contribution in [0.25, 0.3) is 11.1 Å². The number of hydrogen-bond donors (Lipinski definition) is 0. The summed E-state index contributed by atoms with van der Waals surface area (Å²) in [6.07, 6.45) is 1.60. The highest BCUT2D eigenvalue weighted by molar-refractivity contribution is 5.68. The summed E-state index contributed by atoms with van der Waals surface area (Å²) in [5.74, 6) is 0. The van der Waals surface area contributed by atoms with Gasteiger partial charge >= 0.3 is 6.39 Å². The molecular formula is C13H10N3O+. The summed E-state index contributed by atoms with van der Waals surface area (Å²) in [4.78, 5) is 0. The molecular weight excluding hydrogens is 214 g/mol. The number of nitriles is 2. The van der Waals surface area contributed by atoms with E-state index in [4.69, 9.17) is 14.9 Å². The molecule has 0 aliphatic rings. The number of para-hydroxylation sites is 2. The molecule has 0 unspecified atom stereocenters. The highest BCUT2D eigenvalue weighted by atomic mass is 16.3. The van der Waals surface area contributed by atoms with Crippen molar-refractivity contribution >= 4 is 11.1 Å². The average molecular weight is 224 g/mol. The normalized spacial score (nSPS) is 9.59. The predicted molar refractivity (Wildman–Crippen MR) is 60.3 cm³/mol. The predicted octanol–water partition coefficient (Wildman–Crippen LogP) is 2.08. The van der Waals surface area contributed by atoms with Crippen LogP contribution in [0.4, 0.5) is 0 Å². The minimum absolute atomic E-state index is 0.155. The number of rotatable bonds is 2. The third kappa shape index (κ3) is 2.02. The van der Waals surface area contributed by atoms with Gasteiger partial charge in [0.2, 0.25) is 5.58 Å². The fourth-order valence-electron chi connectivity index (χ4n) is 1.64. The van der Waals surface area contributed by atoms with Gasteiger partial charge in [-0.15, -0.1) is 0 Å². The second kappa shape index (κ2) is 4.51. The van der Waals surface area contributed by atoms with Gasteiger partial charge in [0.1, 0.15) is 17.7 Å². The van der Waals surface area contributed by atoms with Crippen molar-refractivity contribution in [3.63, 3.8) is 0 Å². The Balaban J connectivity index is 2.42. The molecule has 1 aromatic carbocycles. The van der Waals surface area contributed by atoms with Crippen LogP contribution in [-0.2, 0) is 6.54 Å². The van der Waals surface area contributed by atoms with Crippen LogP contribution in [0.1, 0.15) is 6.92 Å². The van der Waals surface area contributed by atoms with Gasteiger partial charge in [-0.05, 0) is 13.0 Å². The van der Waals surface area contributed by atoms with Crippen LogP contribution < -0.4 is 4.57 Å². The van der Waals surface area contributed by atoms with Gasteiger partial charge in [-0.1, -0.05) is 12.1 Å². The Hall–Kier alpha value is -2.59. The molecule has 0 spiro atoms. The quantitative estimate of drug-likeness (QED) is 0.579. The summed E-state index contributed by atoms with van der Waals surface area (Å²) in [6.45, 7) is 2.25. The van der Waals surface area contributed by atoms with Gasteiger partial charge in [-0.25, -0.2) is 0 Å². The van der Waals surface area contributed by atoms with E-state index in [0.29, 0.717) is 6.54 Å². The maximum atomic E-state index is 8.78. The number of nitrogens with zero attached hydrogens (tertiary/aromatic N) is 3. The maximum absolute atomic E-state index is 8.78. The Kier molecular flexibility index (Phi) is 2.89. The van der Waals surface area contributed by atoms with Crippen LogP contribution in [-0.4, -0.2) is 0 Å². The highest BCUT2D eigenvalue weighted by Gasteiger charge is 2.14. The molecule has 17 heavy (non-hydrogen) atoms. The minimum Gasteiger partial charge on any atom is -0.404 e. The Labute approximate surface area is 98.6 Å². The average Bonchev–Trinajstić information content (AvgIpc) is 2.74. The van der Waals surface area contributed by atoms with E-state index in [9.17, 15) is 0 Å². The molecule has 1 aromatic heterocycles. The molecule has 0 fully saturated rings. The molecule has 2 rings (SSSR count). The van der Waals surface area contributed by atoms with E-state index in [1.54, 1.807) is 13.3 Å². The van der Waals surface area contributed by atoms with Crippen molar-refractivity contribution in [1.82, 2.24) is 0 Å². The van der Waals surface area contributed by atoms with Crippen molar-refractivity contribution < 1.29 is 8.98 Å². The molecule has 0 atom stereocenters. The smallest absolute Gasteiger partial charge is 0.335 e. The van der Waals surface area contributed by atoms with E-state index in [1.165, 1.54) is 0 Å². The molecule has 0 saturated carbocycles. The zero-order valence-corrected chi connectivity index (χ0v) is 9.34. The summed E-state index contributed by atoms with van der Waals surface area (Å²) in [5.41, 5.74) is 2.62. The van der Waals surface area contributed by atoms with E-state index >= 15 is 0 Å². The molecule has 0 amide bonds. The molecule has 0 aliphatic heterocycles. The lowest BCUT2D eigenvalue weighted by atomic mass is 10.1. The fourth-order valence-corrected chi connectivity index (χ4v) is 1.64. The number of oxazole rings is 1. The number of allylic oxidation sites excluding steroid dienone is 2. The summed E-state index contributed by atoms with van der Waals surface area (Å²) in [6, 6.07) is 11.4. The van der Waals surface area contributed by atoms with Crippen molar-refractivity contribution in [3.8, 4) is 12.1 Å². The van der Waals surface area contributed by atoms with Crippen molar-refractivity contribution in [2.24, 2.45) is 0 Å². The molecule has 1 heterocycles. The van der Waals surface area contributed by atoms with Gasteiger partial charge in [0.25, 0.3) is 5.52 Å². The van der Waals surface area contributed by atoms with E-state index < -0.39 is 0 Å². The lowest BCUT2D eigenvalue weighted by Crippen LogP contribution is -2.32. The topological polar surface area (TPSA) is 64.6 Å². The van der Waals surface area contributed by atoms with Crippen LogP contribution in [0, 0.1) is 22.7 Å². The Bertz CT molecular complexity index is 652. The number of aromatic nitrogens is 1. The van der Waals surface area contributed by atoms with E-state index in [-0.39, 0.29) is 5.57 Å². The summed E-state index contributed by atoms with van der Waals surface area (Å²) < 4.78 is 7.25. The van der Waals surface area contributed by atoms with Crippen molar-refractivity contribution in [2.45, 2.75) is 13.5 Å². The lowest BCUT2D eigenvalue weighted by molar-refractivity contribution is -0.667. The van der Waals surface area contributed by atoms with Gasteiger partial charge in [-0.3, -0.25) is 0 Å². The highest BCUT2D eigenvalue weighted by Crippen LogP contribution is 2.10. The first-order chi connectivity index (χ1) is 8.26. The molecule has 4 nitrogen and oxygen atoms in total. The Morgan fingerprint density at radius 2 is 2.00 bits per heavy atom. The van der Waals surface area contributed by atoms with Gasteiger partial charge < -0.3 is 4.42 Å². The Morgan fingerprint density at radius 1 is 1.29 bits per heavy atom. The van der Waals surface area contributed by atoms with Crippen LogP contribution in [0.2, 0.25) is 0 Å². The van der Waals surface area contributed by atoms with E-state index in [2.05, 4.69) is 0 Å². The molecule has 0 radical (unpaired) electrons. The third-order valence-corrected chi connectivity index (χ3v) is 2.54. The van der Waals surface area contributed by atoms with Gasteiger partial charge in [-0.2, -0.15) is 15.1 Å². The minimum atomic E-state index is 0.155. The van der Waals surface area contributed by atoms with Crippen molar-refractivity contribution in [2.75, 3.05) is 0 Å². The first kappa shape index (κ1) is 10.9. The SMILES string of the molecule is CC(C[n+]1coc2ccccc21)=C(C#N)C#N. The fraction of sp³-hybridized carbons (Fsp3) is 0.154. The molecule has 2 aromatic rings. The maximum Gasteiger partial charge on any atom is 0.335 e. The number of fused-ring (bicyclic) bond motifs is 1. The second-order valence-corrected chi connectivity index (χ2v) is 3.70. The van der Waals surface area contributed by atoms with Crippen LogP contribution in [0.3, 0.4) is 0 Å². The zero-order valence-electron chi connectivity index (χ0n) is 9.34. The zero-order chi connectivity index (χ0) is 12.3. The van der Waals surface area contributed by atoms with Gasteiger partial charge in [0.15, 0.2) is 6.54 Å². The van der Waals surface area contributed by atoms with Crippen molar-refractivity contribution in [1.29, 1.82) is 10.5 Å². The molecule has 0 bridgehead atoms. The summed E-state index contributed by atoms with van der Waals surface area (Å²) in [5, 5.41) is 17.6. The molecule has 0 aliphatic carbocycles. The summed E-state index contributed by atoms with van der Waals surface area (Å²) >= 11 is 0. The summed E-state index contributed by atoms with van der Waals surface area (Å²) in [7, 11) is 0. The third-order valence-electron chi connectivity index (χ3n) is 2.54.